The van der Waals surface area contributed by atoms with Gasteiger partial charge < -0.3 is 4.90 Å². The average molecular weight is 316 g/mol. The van der Waals surface area contributed by atoms with Crippen molar-refractivity contribution in [2.45, 2.75) is 70.3 Å². The van der Waals surface area contributed by atoms with Gasteiger partial charge >= 0.3 is 0 Å². The molecule has 2 nitrogen and oxygen atoms in total. The van der Waals surface area contributed by atoms with Crippen LogP contribution in [-0.2, 0) is 4.79 Å². The lowest BCUT2D eigenvalue weighted by molar-refractivity contribution is -0.134. The molecule has 2 fully saturated rings. The molecule has 0 aromatic rings. The van der Waals surface area contributed by atoms with E-state index in [0.717, 1.165) is 18.3 Å². The minimum absolute atomic E-state index is 0.424. The van der Waals surface area contributed by atoms with E-state index in [9.17, 15) is 4.79 Å². The predicted molar refractivity (Wildman–Crippen MR) is 79.0 cm³/mol. The quantitative estimate of drug-likeness (QED) is 0.699. The fourth-order valence-corrected chi connectivity index (χ4v) is 3.96. The molecule has 0 aliphatic heterocycles. The standard InChI is InChI=1S/C15H26BrNO/c16-10-11-17(14-8-4-5-9-14)15(18)12-13-6-2-1-3-7-13/h13-14H,1-12H2. The molecule has 1 amide bonds. The van der Waals surface area contributed by atoms with Crippen LogP contribution < -0.4 is 0 Å². The molecule has 0 radical (unpaired) electrons. The molecule has 0 heterocycles. The summed E-state index contributed by atoms with van der Waals surface area (Å²) in [7, 11) is 0. The van der Waals surface area contributed by atoms with E-state index >= 15 is 0 Å². The van der Waals surface area contributed by atoms with Gasteiger partial charge in [-0.25, -0.2) is 0 Å². The molecule has 2 aliphatic rings. The van der Waals surface area contributed by atoms with Gasteiger partial charge in [-0.3, -0.25) is 4.79 Å². The molecule has 0 N–H and O–H groups in total. The maximum Gasteiger partial charge on any atom is 0.223 e. The Labute approximate surface area is 120 Å². The normalized spacial score (nSPS) is 22.3. The van der Waals surface area contributed by atoms with Crippen LogP contribution in [0.25, 0.3) is 0 Å². The summed E-state index contributed by atoms with van der Waals surface area (Å²) < 4.78 is 0. The summed E-state index contributed by atoms with van der Waals surface area (Å²) in [5.74, 6) is 1.10. The zero-order chi connectivity index (χ0) is 12.8. The van der Waals surface area contributed by atoms with Crippen molar-refractivity contribution in [2.75, 3.05) is 11.9 Å². The Kier molecular flexibility index (Phi) is 6.00. The van der Waals surface area contributed by atoms with E-state index in [0.29, 0.717) is 17.9 Å². The number of alkyl halides is 1. The Hall–Kier alpha value is -0.0500. The Morgan fingerprint density at radius 1 is 1.00 bits per heavy atom. The SMILES string of the molecule is O=C(CC1CCCCC1)N(CCBr)C1CCCC1. The van der Waals surface area contributed by atoms with Gasteiger partial charge in [-0.05, 0) is 31.6 Å². The molecule has 0 spiro atoms. The lowest BCUT2D eigenvalue weighted by Crippen LogP contribution is -2.41. The molecule has 0 bridgehead atoms. The van der Waals surface area contributed by atoms with E-state index in [1.54, 1.807) is 0 Å². The topological polar surface area (TPSA) is 20.3 Å². The van der Waals surface area contributed by atoms with Gasteiger partial charge in [-0.1, -0.05) is 48.0 Å². The van der Waals surface area contributed by atoms with Crippen LogP contribution in [0, 0.1) is 5.92 Å². The van der Waals surface area contributed by atoms with Gasteiger partial charge in [0, 0.05) is 24.3 Å². The highest BCUT2D eigenvalue weighted by Crippen LogP contribution is 2.29. The molecule has 0 atom stereocenters. The van der Waals surface area contributed by atoms with Gasteiger partial charge in [0.1, 0.15) is 0 Å². The Morgan fingerprint density at radius 3 is 2.22 bits per heavy atom. The minimum Gasteiger partial charge on any atom is -0.339 e. The van der Waals surface area contributed by atoms with Crippen molar-refractivity contribution in [2.24, 2.45) is 5.92 Å². The maximum atomic E-state index is 12.5. The van der Waals surface area contributed by atoms with Gasteiger partial charge in [0.05, 0.1) is 0 Å². The molecule has 0 saturated heterocycles. The third-order valence-corrected chi connectivity index (χ3v) is 4.95. The number of halogens is 1. The van der Waals surface area contributed by atoms with Crippen LogP contribution in [0.4, 0.5) is 0 Å². The fraction of sp³-hybridized carbons (Fsp3) is 0.933. The van der Waals surface area contributed by atoms with E-state index in [2.05, 4.69) is 20.8 Å². The summed E-state index contributed by atoms with van der Waals surface area (Å²) in [4.78, 5) is 14.7. The van der Waals surface area contributed by atoms with Gasteiger partial charge in [-0.15, -0.1) is 0 Å². The summed E-state index contributed by atoms with van der Waals surface area (Å²) in [6.45, 7) is 0.899. The van der Waals surface area contributed by atoms with Crippen LogP contribution in [0.2, 0.25) is 0 Å². The molecule has 2 rings (SSSR count). The largest absolute Gasteiger partial charge is 0.339 e. The molecule has 18 heavy (non-hydrogen) atoms. The Balaban J connectivity index is 1.85. The first-order chi connectivity index (χ1) is 8.81. The molecule has 0 aromatic heterocycles. The summed E-state index contributed by atoms with van der Waals surface area (Å²) in [6, 6.07) is 0.540. The first-order valence-electron chi connectivity index (χ1n) is 7.66. The van der Waals surface area contributed by atoms with E-state index < -0.39 is 0 Å². The second-order valence-electron chi connectivity index (χ2n) is 5.92. The van der Waals surface area contributed by atoms with Crippen molar-refractivity contribution in [3.05, 3.63) is 0 Å². The highest BCUT2D eigenvalue weighted by Gasteiger charge is 2.27. The summed E-state index contributed by atoms with van der Waals surface area (Å²) >= 11 is 3.50. The number of hydrogen-bond donors (Lipinski definition) is 0. The smallest absolute Gasteiger partial charge is 0.223 e. The number of hydrogen-bond acceptors (Lipinski definition) is 1. The summed E-state index contributed by atoms with van der Waals surface area (Å²) in [5.41, 5.74) is 0. The lowest BCUT2D eigenvalue weighted by atomic mass is 9.86. The molecule has 0 aromatic carbocycles. The number of amides is 1. The second-order valence-corrected chi connectivity index (χ2v) is 6.72. The van der Waals surface area contributed by atoms with Gasteiger partial charge in [0.2, 0.25) is 5.91 Å². The van der Waals surface area contributed by atoms with Crippen molar-refractivity contribution < 1.29 is 4.79 Å². The highest BCUT2D eigenvalue weighted by atomic mass is 79.9. The molecular formula is C15H26BrNO. The maximum absolute atomic E-state index is 12.5. The molecule has 3 heteroatoms. The predicted octanol–water partition coefficient (Wildman–Crippen LogP) is 4.12. The van der Waals surface area contributed by atoms with Gasteiger partial charge in [0.15, 0.2) is 0 Å². The van der Waals surface area contributed by atoms with Crippen LogP contribution >= 0.6 is 15.9 Å². The van der Waals surface area contributed by atoms with E-state index in [1.165, 1.54) is 57.8 Å². The minimum atomic E-state index is 0.424. The summed E-state index contributed by atoms with van der Waals surface area (Å²) in [6.07, 6.45) is 12.5. The van der Waals surface area contributed by atoms with Crippen LogP contribution in [-0.4, -0.2) is 28.7 Å². The third kappa shape index (κ3) is 3.97. The first kappa shape index (κ1) is 14.4. The number of rotatable bonds is 5. The second kappa shape index (κ2) is 7.52. The fourth-order valence-electron chi connectivity index (χ4n) is 3.57. The van der Waals surface area contributed by atoms with Crippen LogP contribution in [0.1, 0.15) is 64.2 Å². The van der Waals surface area contributed by atoms with Gasteiger partial charge in [-0.2, -0.15) is 0 Å². The van der Waals surface area contributed by atoms with Crippen LogP contribution in [0.15, 0.2) is 0 Å². The van der Waals surface area contributed by atoms with Crippen molar-refractivity contribution in [3.8, 4) is 0 Å². The highest BCUT2D eigenvalue weighted by molar-refractivity contribution is 9.09. The average Bonchev–Trinajstić information content (AvgIpc) is 2.90. The number of nitrogens with zero attached hydrogens (tertiary/aromatic N) is 1. The summed E-state index contributed by atoms with van der Waals surface area (Å²) in [5, 5.41) is 0.917. The zero-order valence-corrected chi connectivity index (χ0v) is 13.0. The monoisotopic (exact) mass is 315 g/mol. The molecular weight excluding hydrogens is 290 g/mol. The Morgan fingerprint density at radius 2 is 1.61 bits per heavy atom. The van der Waals surface area contributed by atoms with Gasteiger partial charge in [0.25, 0.3) is 0 Å². The van der Waals surface area contributed by atoms with Crippen LogP contribution in [0.5, 0.6) is 0 Å². The van der Waals surface area contributed by atoms with E-state index in [1.807, 2.05) is 0 Å². The Bertz CT molecular complexity index is 257. The molecule has 104 valence electrons. The number of carbonyl (C=O) groups excluding carboxylic acids is 1. The van der Waals surface area contributed by atoms with E-state index in [-0.39, 0.29) is 0 Å². The first-order valence-corrected chi connectivity index (χ1v) is 8.79. The van der Waals surface area contributed by atoms with Crippen molar-refractivity contribution in [3.63, 3.8) is 0 Å². The van der Waals surface area contributed by atoms with Crippen molar-refractivity contribution >= 4 is 21.8 Å². The number of carbonyl (C=O) groups is 1. The molecule has 2 aliphatic carbocycles. The van der Waals surface area contributed by atoms with E-state index in [4.69, 9.17) is 0 Å². The van der Waals surface area contributed by atoms with Crippen molar-refractivity contribution in [1.82, 2.24) is 4.90 Å². The molecule has 2 saturated carbocycles. The third-order valence-electron chi connectivity index (χ3n) is 4.60. The lowest BCUT2D eigenvalue weighted by Gasteiger charge is -2.31. The van der Waals surface area contributed by atoms with Crippen LogP contribution in [0.3, 0.4) is 0 Å². The van der Waals surface area contributed by atoms with Crippen molar-refractivity contribution in [1.29, 1.82) is 0 Å². The molecule has 0 unspecified atom stereocenters. The zero-order valence-electron chi connectivity index (χ0n) is 11.4.